The van der Waals surface area contributed by atoms with Crippen LogP contribution in [0.4, 0.5) is 4.79 Å². The van der Waals surface area contributed by atoms with E-state index in [-0.39, 0.29) is 30.8 Å². The number of fused-ring (bicyclic) bond motifs is 3. The van der Waals surface area contributed by atoms with Crippen LogP contribution in [-0.2, 0) is 14.3 Å². The van der Waals surface area contributed by atoms with E-state index in [1.54, 1.807) is 6.92 Å². The van der Waals surface area contributed by atoms with Crippen LogP contribution >= 0.6 is 0 Å². The number of alkyl carbamates (subject to hydrolysis) is 1. The Morgan fingerprint density at radius 3 is 2.21 bits per heavy atom. The first-order valence-electron chi connectivity index (χ1n) is 11.9. The second-order valence-electron chi connectivity index (χ2n) is 9.28. The van der Waals surface area contributed by atoms with E-state index in [0.29, 0.717) is 25.8 Å². The van der Waals surface area contributed by atoms with Gasteiger partial charge in [0.05, 0.1) is 0 Å². The van der Waals surface area contributed by atoms with E-state index < -0.39 is 17.6 Å². The number of aliphatic carboxylic acids is 1. The SMILES string of the molecule is CCCC(C)(NC(=O)OCC1c2ccccc2-c2ccccc21)C(=O)NCC(C)CCC(=O)O. The quantitative estimate of drug-likeness (QED) is 0.445. The predicted molar refractivity (Wildman–Crippen MR) is 131 cm³/mol. The number of carboxylic acids is 1. The highest BCUT2D eigenvalue weighted by molar-refractivity contribution is 5.89. The molecule has 0 radical (unpaired) electrons. The zero-order valence-corrected chi connectivity index (χ0v) is 20.1. The van der Waals surface area contributed by atoms with E-state index in [4.69, 9.17) is 9.84 Å². The molecular weight excluding hydrogens is 432 g/mol. The molecule has 2 aromatic rings. The summed E-state index contributed by atoms with van der Waals surface area (Å²) in [7, 11) is 0. The number of nitrogens with one attached hydrogen (secondary N) is 2. The fraction of sp³-hybridized carbons (Fsp3) is 0.444. The second-order valence-corrected chi connectivity index (χ2v) is 9.28. The van der Waals surface area contributed by atoms with Gasteiger partial charge < -0.3 is 20.5 Å². The Kier molecular flexibility index (Phi) is 8.31. The minimum atomic E-state index is -1.12. The number of hydrogen-bond acceptors (Lipinski definition) is 4. The van der Waals surface area contributed by atoms with Crippen molar-refractivity contribution in [3.8, 4) is 11.1 Å². The van der Waals surface area contributed by atoms with Gasteiger partial charge in [-0.1, -0.05) is 68.8 Å². The molecule has 0 spiro atoms. The summed E-state index contributed by atoms with van der Waals surface area (Å²) in [5, 5.41) is 14.5. The van der Waals surface area contributed by atoms with Gasteiger partial charge in [-0.3, -0.25) is 9.59 Å². The molecule has 34 heavy (non-hydrogen) atoms. The third-order valence-corrected chi connectivity index (χ3v) is 6.43. The van der Waals surface area contributed by atoms with Crippen LogP contribution in [0, 0.1) is 5.92 Å². The first kappa shape index (κ1) is 25.3. The summed E-state index contributed by atoms with van der Waals surface area (Å²) in [5.41, 5.74) is 3.43. The van der Waals surface area contributed by atoms with Crippen molar-refractivity contribution in [2.24, 2.45) is 5.92 Å². The lowest BCUT2D eigenvalue weighted by molar-refractivity contribution is -0.137. The Balaban J connectivity index is 1.60. The summed E-state index contributed by atoms with van der Waals surface area (Å²) in [5.74, 6) is -1.20. The number of carbonyl (C=O) groups excluding carboxylic acids is 2. The van der Waals surface area contributed by atoms with E-state index in [0.717, 1.165) is 22.3 Å². The topological polar surface area (TPSA) is 105 Å². The molecule has 3 rings (SSSR count). The third-order valence-electron chi connectivity index (χ3n) is 6.43. The van der Waals surface area contributed by atoms with Gasteiger partial charge in [0.15, 0.2) is 0 Å². The summed E-state index contributed by atoms with van der Waals surface area (Å²) in [6, 6.07) is 16.2. The zero-order chi connectivity index (χ0) is 24.7. The number of benzene rings is 2. The Hall–Kier alpha value is -3.35. The molecule has 0 fully saturated rings. The second kappa shape index (κ2) is 11.2. The Morgan fingerprint density at radius 2 is 1.65 bits per heavy atom. The van der Waals surface area contributed by atoms with Gasteiger partial charge in [-0.05, 0) is 47.9 Å². The van der Waals surface area contributed by atoms with Gasteiger partial charge in [-0.15, -0.1) is 0 Å². The summed E-state index contributed by atoms with van der Waals surface area (Å²) < 4.78 is 5.63. The van der Waals surface area contributed by atoms with Crippen LogP contribution in [0.3, 0.4) is 0 Å². The smallest absolute Gasteiger partial charge is 0.408 e. The summed E-state index contributed by atoms with van der Waals surface area (Å²) in [6.45, 7) is 6.04. The molecule has 0 aromatic heterocycles. The van der Waals surface area contributed by atoms with Gasteiger partial charge in [0.2, 0.25) is 5.91 Å². The minimum Gasteiger partial charge on any atom is -0.481 e. The van der Waals surface area contributed by atoms with Crippen molar-refractivity contribution in [2.75, 3.05) is 13.2 Å². The Bertz CT molecular complexity index is 992. The molecule has 0 heterocycles. The molecule has 2 amide bonds. The average molecular weight is 467 g/mol. The highest BCUT2D eigenvalue weighted by Crippen LogP contribution is 2.44. The van der Waals surface area contributed by atoms with Gasteiger partial charge in [0, 0.05) is 18.9 Å². The number of amides is 2. The Morgan fingerprint density at radius 1 is 1.06 bits per heavy atom. The first-order chi connectivity index (χ1) is 16.2. The largest absolute Gasteiger partial charge is 0.481 e. The highest BCUT2D eigenvalue weighted by Gasteiger charge is 2.35. The summed E-state index contributed by atoms with van der Waals surface area (Å²) in [4.78, 5) is 36.4. The van der Waals surface area contributed by atoms with E-state index >= 15 is 0 Å². The number of carbonyl (C=O) groups is 3. The molecule has 0 aliphatic heterocycles. The van der Waals surface area contributed by atoms with Crippen molar-refractivity contribution in [1.82, 2.24) is 10.6 Å². The zero-order valence-electron chi connectivity index (χ0n) is 20.1. The molecule has 7 heteroatoms. The van der Waals surface area contributed by atoms with Crippen molar-refractivity contribution in [1.29, 1.82) is 0 Å². The maximum absolute atomic E-state index is 12.9. The number of rotatable bonds is 11. The molecule has 182 valence electrons. The van der Waals surface area contributed by atoms with Gasteiger partial charge in [-0.25, -0.2) is 4.79 Å². The van der Waals surface area contributed by atoms with Crippen LogP contribution in [0.1, 0.15) is 63.5 Å². The molecule has 1 aliphatic carbocycles. The summed E-state index contributed by atoms with van der Waals surface area (Å²) >= 11 is 0. The molecule has 2 unspecified atom stereocenters. The fourth-order valence-electron chi connectivity index (χ4n) is 4.53. The molecule has 2 atom stereocenters. The molecule has 0 saturated carbocycles. The third kappa shape index (κ3) is 5.95. The van der Waals surface area contributed by atoms with Crippen molar-refractivity contribution >= 4 is 18.0 Å². The van der Waals surface area contributed by atoms with Crippen molar-refractivity contribution in [2.45, 2.75) is 57.9 Å². The maximum atomic E-state index is 12.9. The molecular formula is C27H34N2O5. The minimum absolute atomic E-state index is 0.0142. The van der Waals surface area contributed by atoms with Crippen LogP contribution < -0.4 is 10.6 Å². The average Bonchev–Trinajstić information content (AvgIpc) is 3.13. The lowest BCUT2D eigenvalue weighted by Gasteiger charge is -2.29. The van der Waals surface area contributed by atoms with E-state index in [1.807, 2.05) is 38.1 Å². The van der Waals surface area contributed by atoms with Crippen LogP contribution in [0.2, 0.25) is 0 Å². The molecule has 0 bridgehead atoms. The Labute approximate surface area is 200 Å². The van der Waals surface area contributed by atoms with Crippen molar-refractivity contribution < 1.29 is 24.2 Å². The molecule has 0 saturated heterocycles. The normalized spacial score (nSPS) is 14.9. The molecule has 1 aliphatic rings. The highest BCUT2D eigenvalue weighted by atomic mass is 16.5. The van der Waals surface area contributed by atoms with Gasteiger partial charge in [0.1, 0.15) is 12.1 Å². The maximum Gasteiger partial charge on any atom is 0.408 e. The van der Waals surface area contributed by atoms with E-state index in [9.17, 15) is 14.4 Å². The molecule has 2 aromatic carbocycles. The number of ether oxygens (including phenoxy) is 1. The van der Waals surface area contributed by atoms with Gasteiger partial charge in [0.25, 0.3) is 0 Å². The van der Waals surface area contributed by atoms with Crippen LogP contribution in [0.25, 0.3) is 11.1 Å². The van der Waals surface area contributed by atoms with Crippen LogP contribution in [-0.4, -0.2) is 41.8 Å². The summed E-state index contributed by atoms with van der Waals surface area (Å²) in [6.07, 6.45) is 1.04. The fourth-order valence-corrected chi connectivity index (χ4v) is 4.53. The molecule has 7 nitrogen and oxygen atoms in total. The molecule has 3 N–H and O–H groups in total. The standard InChI is InChI=1S/C27H34N2O5/c1-4-15-27(3,25(32)28-16-18(2)13-14-24(30)31)29-26(33)34-17-23-21-11-7-5-9-19(21)20-10-6-8-12-22(20)23/h5-12,18,23H,4,13-17H2,1-3H3,(H,28,32)(H,29,33)(H,30,31). The van der Waals surface area contributed by atoms with Crippen molar-refractivity contribution in [3.63, 3.8) is 0 Å². The van der Waals surface area contributed by atoms with Crippen molar-refractivity contribution in [3.05, 3.63) is 59.7 Å². The van der Waals surface area contributed by atoms with E-state index in [1.165, 1.54) is 0 Å². The van der Waals surface area contributed by atoms with Crippen LogP contribution in [0.5, 0.6) is 0 Å². The monoisotopic (exact) mass is 466 g/mol. The number of hydrogen-bond donors (Lipinski definition) is 3. The van der Waals surface area contributed by atoms with Gasteiger partial charge >= 0.3 is 12.1 Å². The number of carboxylic acid groups (broad SMARTS) is 1. The lowest BCUT2D eigenvalue weighted by Crippen LogP contribution is -2.57. The first-order valence-corrected chi connectivity index (χ1v) is 11.9. The van der Waals surface area contributed by atoms with E-state index in [2.05, 4.69) is 34.9 Å². The lowest BCUT2D eigenvalue weighted by atomic mass is 9.94. The van der Waals surface area contributed by atoms with Gasteiger partial charge in [-0.2, -0.15) is 0 Å². The predicted octanol–water partition coefficient (Wildman–Crippen LogP) is 4.70. The van der Waals surface area contributed by atoms with Crippen LogP contribution in [0.15, 0.2) is 48.5 Å².